The maximum absolute atomic E-state index is 9.26. The van der Waals surface area contributed by atoms with Crippen LogP contribution >= 0.6 is 0 Å². The Morgan fingerprint density at radius 3 is 2.42 bits per heavy atom. The van der Waals surface area contributed by atoms with E-state index in [9.17, 15) is 5.11 Å². The highest BCUT2D eigenvalue weighted by atomic mass is 16.3. The first-order chi connectivity index (χ1) is 9.31. The topological polar surface area (TPSA) is 38.0 Å². The lowest BCUT2D eigenvalue weighted by atomic mass is 10.2. The predicted octanol–water partition coefficient (Wildman–Crippen LogP) is 3.30. The molecule has 0 saturated carbocycles. The number of hydrogen-bond acceptors (Lipinski definition) is 2. The van der Waals surface area contributed by atoms with Gasteiger partial charge in [-0.05, 0) is 17.7 Å². The molecule has 0 aliphatic carbocycles. The summed E-state index contributed by atoms with van der Waals surface area (Å²) in [5.74, 6) is 0.291. The summed E-state index contributed by atoms with van der Waals surface area (Å²) in [5.41, 5.74) is 3.22. The van der Waals surface area contributed by atoms with Gasteiger partial charge in [-0.15, -0.1) is 0 Å². The first kappa shape index (κ1) is 11.5. The van der Waals surface area contributed by atoms with E-state index in [-0.39, 0.29) is 0 Å². The Kier molecular flexibility index (Phi) is 3.02. The van der Waals surface area contributed by atoms with Crippen LogP contribution in [0.4, 0.5) is 0 Å². The molecule has 0 bridgehead atoms. The molecule has 0 unspecified atom stereocenters. The van der Waals surface area contributed by atoms with E-state index >= 15 is 0 Å². The highest BCUT2D eigenvalue weighted by molar-refractivity contribution is 5.57. The number of aromatic nitrogens is 2. The number of phenolic OH excluding ortho intramolecular Hbond substituents is 1. The van der Waals surface area contributed by atoms with Crippen LogP contribution in [-0.2, 0) is 6.54 Å². The van der Waals surface area contributed by atoms with Gasteiger partial charge in [-0.25, -0.2) is 4.98 Å². The third kappa shape index (κ3) is 2.65. The van der Waals surface area contributed by atoms with Crippen LogP contribution in [0.3, 0.4) is 0 Å². The van der Waals surface area contributed by atoms with Crippen molar-refractivity contribution in [3.63, 3.8) is 0 Å². The number of nitrogens with zero attached hydrogens (tertiary/aromatic N) is 2. The van der Waals surface area contributed by atoms with Crippen LogP contribution in [0.1, 0.15) is 5.56 Å². The zero-order valence-electron chi connectivity index (χ0n) is 10.4. The van der Waals surface area contributed by atoms with E-state index in [4.69, 9.17) is 0 Å². The molecule has 19 heavy (non-hydrogen) atoms. The lowest BCUT2D eigenvalue weighted by molar-refractivity contribution is 0.475. The molecular formula is C16H14N2O. The molecule has 3 aromatic rings. The van der Waals surface area contributed by atoms with Crippen molar-refractivity contribution in [1.29, 1.82) is 0 Å². The van der Waals surface area contributed by atoms with E-state index in [0.29, 0.717) is 5.75 Å². The van der Waals surface area contributed by atoms with Gasteiger partial charge in [0.05, 0.1) is 12.0 Å². The van der Waals surface area contributed by atoms with Gasteiger partial charge in [-0.1, -0.05) is 42.5 Å². The van der Waals surface area contributed by atoms with Gasteiger partial charge in [-0.3, -0.25) is 0 Å². The molecule has 1 heterocycles. The predicted molar refractivity (Wildman–Crippen MR) is 74.9 cm³/mol. The number of rotatable bonds is 3. The van der Waals surface area contributed by atoms with E-state index in [0.717, 1.165) is 23.4 Å². The molecule has 0 atom stereocenters. The maximum Gasteiger partial charge on any atom is 0.115 e. The number of phenols is 1. The highest BCUT2D eigenvalue weighted by Crippen LogP contribution is 2.17. The Labute approximate surface area is 111 Å². The molecule has 0 amide bonds. The lowest BCUT2D eigenvalue weighted by Gasteiger charge is -2.02. The number of aromatic hydroxyl groups is 1. The summed E-state index contributed by atoms with van der Waals surface area (Å²) in [4.78, 5) is 4.41. The molecule has 3 heteroatoms. The molecule has 1 aromatic heterocycles. The second-order valence-corrected chi connectivity index (χ2v) is 4.46. The van der Waals surface area contributed by atoms with Gasteiger partial charge in [0.1, 0.15) is 5.75 Å². The third-order valence-corrected chi connectivity index (χ3v) is 3.00. The van der Waals surface area contributed by atoms with Gasteiger partial charge in [0.2, 0.25) is 0 Å². The van der Waals surface area contributed by atoms with Gasteiger partial charge in [0.25, 0.3) is 0 Å². The number of imidazole rings is 1. The van der Waals surface area contributed by atoms with Crippen LogP contribution in [0.2, 0.25) is 0 Å². The summed E-state index contributed by atoms with van der Waals surface area (Å²) in [7, 11) is 0. The third-order valence-electron chi connectivity index (χ3n) is 3.00. The summed E-state index contributed by atoms with van der Waals surface area (Å²) in [6, 6.07) is 17.3. The summed E-state index contributed by atoms with van der Waals surface area (Å²) in [5, 5.41) is 9.26. The summed E-state index contributed by atoms with van der Waals surface area (Å²) in [6.45, 7) is 0.750. The largest absolute Gasteiger partial charge is 0.508 e. The molecule has 94 valence electrons. The van der Waals surface area contributed by atoms with Crippen LogP contribution in [0.5, 0.6) is 5.75 Å². The van der Waals surface area contributed by atoms with E-state index in [1.807, 2.05) is 59.6 Å². The van der Waals surface area contributed by atoms with Crippen molar-refractivity contribution >= 4 is 0 Å². The average molecular weight is 250 g/mol. The Morgan fingerprint density at radius 1 is 0.947 bits per heavy atom. The van der Waals surface area contributed by atoms with Crippen molar-refractivity contribution in [1.82, 2.24) is 9.55 Å². The fourth-order valence-corrected chi connectivity index (χ4v) is 2.02. The molecule has 0 radical (unpaired) electrons. The monoisotopic (exact) mass is 250 g/mol. The number of hydrogen-bond donors (Lipinski definition) is 1. The average Bonchev–Trinajstić information content (AvgIpc) is 2.91. The Hall–Kier alpha value is -2.55. The van der Waals surface area contributed by atoms with Crippen LogP contribution < -0.4 is 0 Å². The molecule has 0 aliphatic heterocycles. The van der Waals surface area contributed by atoms with Crippen molar-refractivity contribution in [3.8, 4) is 17.0 Å². The lowest BCUT2D eigenvalue weighted by Crippen LogP contribution is -1.95. The normalized spacial score (nSPS) is 10.5. The molecule has 0 aliphatic rings. The van der Waals surface area contributed by atoms with Gasteiger partial charge in [-0.2, -0.15) is 0 Å². The summed E-state index contributed by atoms with van der Waals surface area (Å²) >= 11 is 0. The second kappa shape index (κ2) is 4.98. The fourth-order valence-electron chi connectivity index (χ4n) is 2.02. The quantitative estimate of drug-likeness (QED) is 0.774. The minimum atomic E-state index is 0.291. The zero-order chi connectivity index (χ0) is 13.1. The Morgan fingerprint density at radius 2 is 1.68 bits per heavy atom. The van der Waals surface area contributed by atoms with Crippen LogP contribution in [0.25, 0.3) is 11.3 Å². The molecule has 3 rings (SSSR count). The van der Waals surface area contributed by atoms with Crippen molar-refractivity contribution in [2.24, 2.45) is 0 Å². The molecular weight excluding hydrogens is 236 g/mol. The van der Waals surface area contributed by atoms with Gasteiger partial charge in [0, 0.05) is 18.3 Å². The van der Waals surface area contributed by atoms with E-state index < -0.39 is 0 Å². The van der Waals surface area contributed by atoms with Crippen molar-refractivity contribution in [2.45, 2.75) is 6.54 Å². The van der Waals surface area contributed by atoms with Gasteiger partial charge < -0.3 is 9.67 Å². The molecule has 0 saturated heterocycles. The minimum absolute atomic E-state index is 0.291. The van der Waals surface area contributed by atoms with E-state index in [2.05, 4.69) is 4.98 Å². The second-order valence-electron chi connectivity index (χ2n) is 4.46. The first-order valence-electron chi connectivity index (χ1n) is 6.16. The molecule has 2 aromatic carbocycles. The van der Waals surface area contributed by atoms with Gasteiger partial charge in [0.15, 0.2) is 0 Å². The molecule has 0 spiro atoms. The summed E-state index contributed by atoms with van der Waals surface area (Å²) < 4.78 is 2.04. The van der Waals surface area contributed by atoms with Crippen LogP contribution in [-0.4, -0.2) is 14.7 Å². The zero-order valence-corrected chi connectivity index (χ0v) is 10.4. The van der Waals surface area contributed by atoms with Crippen LogP contribution in [0, 0.1) is 0 Å². The SMILES string of the molecule is Oc1ccc(Cn2cnc(-c3ccccc3)c2)cc1. The molecule has 1 N–H and O–H groups in total. The maximum atomic E-state index is 9.26. The Bertz CT molecular complexity index is 657. The molecule has 0 fully saturated rings. The molecule has 3 nitrogen and oxygen atoms in total. The minimum Gasteiger partial charge on any atom is -0.508 e. The van der Waals surface area contributed by atoms with Gasteiger partial charge >= 0.3 is 0 Å². The van der Waals surface area contributed by atoms with Crippen molar-refractivity contribution in [3.05, 3.63) is 72.7 Å². The van der Waals surface area contributed by atoms with Crippen molar-refractivity contribution < 1.29 is 5.11 Å². The standard InChI is InChI=1S/C16H14N2O/c19-15-8-6-13(7-9-15)10-18-11-16(17-12-18)14-4-2-1-3-5-14/h1-9,11-12,19H,10H2. The van der Waals surface area contributed by atoms with Crippen LogP contribution in [0.15, 0.2) is 67.1 Å². The van der Waals surface area contributed by atoms with E-state index in [1.165, 1.54) is 0 Å². The highest BCUT2D eigenvalue weighted by Gasteiger charge is 2.02. The fraction of sp³-hybridized carbons (Fsp3) is 0.0625. The summed E-state index contributed by atoms with van der Waals surface area (Å²) in [6.07, 6.45) is 3.86. The first-order valence-corrected chi connectivity index (χ1v) is 6.16. The van der Waals surface area contributed by atoms with E-state index in [1.54, 1.807) is 12.1 Å². The smallest absolute Gasteiger partial charge is 0.115 e. The Balaban J connectivity index is 1.80. The number of benzene rings is 2. The van der Waals surface area contributed by atoms with Crippen molar-refractivity contribution in [2.75, 3.05) is 0 Å².